The average Bonchev–Trinajstić information content (AvgIpc) is 2.87. The topological polar surface area (TPSA) is 53.7 Å². The molecule has 0 aliphatic rings. The molecule has 0 saturated carbocycles. The maximum absolute atomic E-state index is 6.80. The van der Waals surface area contributed by atoms with Crippen molar-refractivity contribution >= 4 is 8.80 Å². The lowest BCUT2D eigenvalue weighted by molar-refractivity contribution is 0.256. The third-order valence-electron chi connectivity index (χ3n) is 5.49. The van der Waals surface area contributed by atoms with Crippen LogP contribution >= 0.6 is 0 Å². The van der Waals surface area contributed by atoms with E-state index in [1.54, 1.807) is 0 Å². The summed E-state index contributed by atoms with van der Waals surface area (Å²) in [5.74, 6) is 2.20. The lowest BCUT2D eigenvalue weighted by Gasteiger charge is -2.32. The quantitative estimate of drug-likeness (QED) is 0.192. The van der Waals surface area contributed by atoms with Gasteiger partial charge in [0, 0.05) is 0 Å². The van der Waals surface area contributed by atoms with Gasteiger partial charge in [-0.25, -0.2) is 0 Å². The van der Waals surface area contributed by atoms with E-state index in [2.05, 4.69) is 19.7 Å². The van der Waals surface area contributed by atoms with Gasteiger partial charge in [-0.2, -0.15) is 0 Å². The Hall–Kier alpha value is -3.54. The molecule has 0 aliphatic carbocycles. The first kappa shape index (κ1) is 26.1. The normalized spacial score (nSPS) is 10.9. The molecule has 3 aromatic rings. The Kier molecular flexibility index (Phi) is 9.96. The number of benzene rings is 3. The zero-order valence-corrected chi connectivity index (χ0v) is 21.3. The van der Waals surface area contributed by atoms with Crippen molar-refractivity contribution in [1.82, 2.24) is 0 Å². The standard InChI is InChI=1S/C30H35NO3Si/c1-4-14-25-17-7-10-20-28(25)32-35(24-13-23-31,33-29-21-11-8-18-26(29)15-5-2)34-30-22-12-9-19-27(30)16-6-3/h4-12,17-22H,1-3,13-16,23-24,31H2. The zero-order chi connectivity index (χ0) is 24.9. The summed E-state index contributed by atoms with van der Waals surface area (Å²) < 4.78 is 20.4. The SMILES string of the molecule is C=CCc1ccccc1O[Si](CCCN)(Oc1ccccc1CC=C)Oc1ccccc1CC=C. The molecule has 0 bridgehead atoms. The minimum Gasteiger partial charge on any atom is -0.483 e. The van der Waals surface area contributed by atoms with Gasteiger partial charge in [0.25, 0.3) is 0 Å². The van der Waals surface area contributed by atoms with Crippen molar-refractivity contribution in [1.29, 1.82) is 0 Å². The van der Waals surface area contributed by atoms with Crippen LogP contribution in [0.15, 0.2) is 111 Å². The fourth-order valence-corrected chi connectivity index (χ4v) is 6.49. The van der Waals surface area contributed by atoms with Crippen LogP contribution in [0.4, 0.5) is 0 Å². The molecule has 182 valence electrons. The number of hydrogen-bond acceptors (Lipinski definition) is 4. The molecule has 0 aromatic heterocycles. The molecule has 0 amide bonds. The van der Waals surface area contributed by atoms with Crippen molar-refractivity contribution in [2.75, 3.05) is 6.54 Å². The molecule has 3 rings (SSSR count). The van der Waals surface area contributed by atoms with Gasteiger partial charge < -0.3 is 19.0 Å². The lowest BCUT2D eigenvalue weighted by atomic mass is 10.1. The number of rotatable bonds is 15. The Morgan fingerprint density at radius 3 is 1.26 bits per heavy atom. The second kappa shape index (κ2) is 13.4. The van der Waals surface area contributed by atoms with Gasteiger partial charge in [-0.1, -0.05) is 72.8 Å². The highest BCUT2D eigenvalue weighted by molar-refractivity contribution is 6.63. The summed E-state index contributed by atoms with van der Waals surface area (Å²) >= 11 is 0. The van der Waals surface area contributed by atoms with E-state index < -0.39 is 8.80 Å². The second-order valence-corrected chi connectivity index (χ2v) is 10.7. The molecule has 2 N–H and O–H groups in total. The van der Waals surface area contributed by atoms with Crippen molar-refractivity contribution < 1.29 is 13.3 Å². The Labute approximate surface area is 210 Å². The number of nitrogens with two attached hydrogens (primary N) is 1. The van der Waals surface area contributed by atoms with Crippen LogP contribution in [0.2, 0.25) is 6.04 Å². The summed E-state index contributed by atoms with van der Waals surface area (Å²) in [7, 11) is -3.40. The highest BCUT2D eigenvalue weighted by Gasteiger charge is 2.49. The monoisotopic (exact) mass is 485 g/mol. The highest BCUT2D eigenvalue weighted by atomic mass is 28.4. The smallest absolute Gasteiger partial charge is 0.483 e. The van der Waals surface area contributed by atoms with E-state index in [-0.39, 0.29) is 0 Å². The van der Waals surface area contributed by atoms with Gasteiger partial charge in [0.2, 0.25) is 0 Å². The van der Waals surface area contributed by atoms with Crippen LogP contribution in [-0.4, -0.2) is 15.3 Å². The van der Waals surface area contributed by atoms with E-state index in [9.17, 15) is 0 Å². The minimum atomic E-state index is -3.40. The van der Waals surface area contributed by atoms with Gasteiger partial charge in [-0.3, -0.25) is 0 Å². The molecule has 0 atom stereocenters. The third kappa shape index (κ3) is 7.22. The molecule has 4 nitrogen and oxygen atoms in total. The van der Waals surface area contributed by atoms with E-state index in [1.165, 1.54) is 0 Å². The van der Waals surface area contributed by atoms with E-state index in [0.717, 1.165) is 33.9 Å². The Bertz CT molecular complexity index is 993. The van der Waals surface area contributed by atoms with E-state index >= 15 is 0 Å². The highest BCUT2D eigenvalue weighted by Crippen LogP contribution is 2.32. The number of allylic oxidation sites excluding steroid dienone is 3. The fraction of sp³-hybridized carbons (Fsp3) is 0.200. The largest absolute Gasteiger partial charge is 0.699 e. The lowest BCUT2D eigenvalue weighted by Crippen LogP contribution is -2.55. The third-order valence-corrected chi connectivity index (χ3v) is 8.05. The van der Waals surface area contributed by atoms with Gasteiger partial charge in [-0.05, 0) is 67.1 Å². The van der Waals surface area contributed by atoms with Crippen LogP contribution in [-0.2, 0) is 19.3 Å². The van der Waals surface area contributed by atoms with Gasteiger partial charge >= 0.3 is 8.80 Å². The molecular formula is C30H35NO3Si. The van der Waals surface area contributed by atoms with Gasteiger partial charge in [0.05, 0.1) is 6.04 Å². The average molecular weight is 486 g/mol. The summed E-state index contributed by atoms with van der Waals surface area (Å²) in [6.07, 6.45) is 8.33. The molecule has 3 aromatic carbocycles. The molecule has 0 heterocycles. The first-order valence-electron chi connectivity index (χ1n) is 12.0. The molecule has 5 heteroatoms. The number of hydrogen-bond donors (Lipinski definition) is 1. The van der Waals surface area contributed by atoms with Crippen molar-refractivity contribution in [3.8, 4) is 17.2 Å². The summed E-state index contributed by atoms with van der Waals surface area (Å²) in [6, 6.07) is 24.4. The van der Waals surface area contributed by atoms with Crippen molar-refractivity contribution in [2.45, 2.75) is 31.7 Å². The predicted octanol–water partition coefficient (Wildman–Crippen LogP) is 6.70. The van der Waals surface area contributed by atoms with Gasteiger partial charge in [-0.15, -0.1) is 19.7 Å². The van der Waals surface area contributed by atoms with Crippen LogP contribution < -0.4 is 19.0 Å². The molecule has 0 aliphatic heterocycles. The Balaban J connectivity index is 2.13. The second-order valence-electron chi connectivity index (χ2n) is 8.18. The molecule has 0 unspecified atom stereocenters. The van der Waals surface area contributed by atoms with Gasteiger partial charge in [0.1, 0.15) is 17.2 Å². The molecule has 0 radical (unpaired) electrons. The van der Waals surface area contributed by atoms with Crippen molar-refractivity contribution in [3.63, 3.8) is 0 Å². The Morgan fingerprint density at radius 2 is 0.943 bits per heavy atom. The van der Waals surface area contributed by atoms with Gasteiger partial charge in [0.15, 0.2) is 0 Å². The minimum absolute atomic E-state index is 0.502. The van der Waals surface area contributed by atoms with E-state index in [0.29, 0.717) is 38.3 Å². The molecule has 0 saturated heterocycles. The van der Waals surface area contributed by atoms with Crippen LogP contribution in [0, 0.1) is 0 Å². The molecule has 35 heavy (non-hydrogen) atoms. The first-order chi connectivity index (χ1) is 17.1. The zero-order valence-electron chi connectivity index (χ0n) is 20.3. The fourth-order valence-electron chi connectivity index (χ4n) is 3.82. The van der Waals surface area contributed by atoms with Crippen molar-refractivity contribution in [2.24, 2.45) is 5.73 Å². The van der Waals surface area contributed by atoms with Crippen LogP contribution in [0.25, 0.3) is 0 Å². The van der Waals surface area contributed by atoms with Crippen LogP contribution in [0.1, 0.15) is 23.1 Å². The van der Waals surface area contributed by atoms with Crippen LogP contribution in [0.5, 0.6) is 17.2 Å². The first-order valence-corrected chi connectivity index (χ1v) is 13.9. The van der Waals surface area contributed by atoms with E-state index in [4.69, 9.17) is 19.0 Å². The summed E-state index contributed by atoms with van der Waals surface area (Å²) in [5, 5.41) is 0. The number of para-hydroxylation sites is 3. The predicted molar refractivity (Wildman–Crippen MR) is 147 cm³/mol. The summed E-state index contributed by atoms with van der Waals surface area (Å²) in [6.45, 7) is 12.2. The summed E-state index contributed by atoms with van der Waals surface area (Å²) in [5.41, 5.74) is 9.04. The maximum atomic E-state index is 6.80. The molecule has 0 spiro atoms. The van der Waals surface area contributed by atoms with E-state index in [1.807, 2.05) is 91.0 Å². The molecular weight excluding hydrogens is 450 g/mol. The molecule has 0 fully saturated rings. The maximum Gasteiger partial charge on any atom is 0.699 e. The summed E-state index contributed by atoms with van der Waals surface area (Å²) in [4.78, 5) is 0. The van der Waals surface area contributed by atoms with Crippen molar-refractivity contribution in [3.05, 3.63) is 127 Å². The van der Waals surface area contributed by atoms with Crippen LogP contribution in [0.3, 0.4) is 0 Å². The Morgan fingerprint density at radius 1 is 0.600 bits per heavy atom.